The summed E-state index contributed by atoms with van der Waals surface area (Å²) in [5.74, 6) is 0. The van der Waals surface area contributed by atoms with Gasteiger partial charge in [-0.05, 0) is 12.1 Å². The molecule has 3 aromatic heterocycles. The second-order valence-corrected chi connectivity index (χ2v) is 4.81. The Bertz CT molecular complexity index is 652. The second-order valence-electron chi connectivity index (χ2n) is 3.09. The summed E-state index contributed by atoms with van der Waals surface area (Å²) in [5, 5.41) is 0. The summed E-state index contributed by atoms with van der Waals surface area (Å²) in [4.78, 5) is 17.6. The van der Waals surface area contributed by atoms with Crippen LogP contribution >= 0.6 is 22.9 Å². The minimum Gasteiger partial charge on any atom is -0.249 e. The highest BCUT2D eigenvalue weighted by atomic mass is 35.5. The van der Waals surface area contributed by atoms with Gasteiger partial charge in [0.25, 0.3) is 0 Å². The first-order valence-corrected chi connectivity index (χ1v) is 5.71. The van der Waals surface area contributed by atoms with Crippen molar-refractivity contribution in [2.75, 3.05) is 0 Å². The first-order chi connectivity index (χ1) is 7.83. The Balaban J connectivity index is 2.18. The number of nitrogens with zero attached hydrogens (tertiary/aromatic N) is 4. The lowest BCUT2D eigenvalue weighted by Gasteiger charge is -1.97. The summed E-state index contributed by atoms with van der Waals surface area (Å²) in [6.45, 7) is 0. The number of fused-ring (bicyclic) bond motifs is 1. The number of aromatic nitrogens is 4. The molecule has 0 unspecified atom stereocenters. The highest BCUT2D eigenvalue weighted by Crippen LogP contribution is 2.29. The summed E-state index contributed by atoms with van der Waals surface area (Å²) in [7, 11) is 0. The lowest BCUT2D eigenvalue weighted by molar-refractivity contribution is 1.15. The first kappa shape index (κ1) is 9.62. The van der Waals surface area contributed by atoms with Crippen LogP contribution in [-0.4, -0.2) is 19.9 Å². The van der Waals surface area contributed by atoms with Crippen LogP contribution in [0.3, 0.4) is 0 Å². The van der Waals surface area contributed by atoms with Crippen molar-refractivity contribution < 1.29 is 0 Å². The van der Waals surface area contributed by atoms with Gasteiger partial charge in [-0.15, -0.1) is 11.3 Å². The smallest absolute Gasteiger partial charge is 0.181 e. The summed E-state index contributed by atoms with van der Waals surface area (Å²) < 4.78 is 0.736. The third kappa shape index (κ3) is 1.64. The lowest BCUT2D eigenvalue weighted by Crippen LogP contribution is -1.90. The Kier molecular flexibility index (Phi) is 2.27. The monoisotopic (exact) mass is 248 g/mol. The predicted octanol–water partition coefficient (Wildman–Crippen LogP) is 2.80. The van der Waals surface area contributed by atoms with Crippen LogP contribution in [0.4, 0.5) is 0 Å². The highest BCUT2D eigenvalue weighted by molar-refractivity contribution is 7.19. The lowest BCUT2D eigenvalue weighted by atomic mass is 10.3. The van der Waals surface area contributed by atoms with Crippen molar-refractivity contribution in [1.29, 1.82) is 0 Å². The number of halogens is 1. The maximum atomic E-state index is 5.87. The quantitative estimate of drug-likeness (QED) is 0.665. The van der Waals surface area contributed by atoms with Gasteiger partial charge in [0, 0.05) is 0 Å². The molecule has 0 spiro atoms. The van der Waals surface area contributed by atoms with Gasteiger partial charge < -0.3 is 0 Å². The third-order valence-corrected chi connectivity index (χ3v) is 3.30. The van der Waals surface area contributed by atoms with Gasteiger partial charge >= 0.3 is 0 Å². The van der Waals surface area contributed by atoms with Crippen LogP contribution < -0.4 is 0 Å². The van der Waals surface area contributed by atoms with Crippen LogP contribution in [0, 0.1) is 0 Å². The van der Waals surface area contributed by atoms with Crippen molar-refractivity contribution >= 4 is 34.1 Å². The number of thiophene rings is 1. The molecular weight excluding hydrogens is 244 g/mol. The van der Waals surface area contributed by atoms with Crippen molar-refractivity contribution in [2.45, 2.75) is 0 Å². The van der Waals surface area contributed by atoms with Gasteiger partial charge in [-0.25, -0.2) is 19.9 Å². The maximum absolute atomic E-state index is 5.87. The van der Waals surface area contributed by atoms with E-state index in [4.69, 9.17) is 11.6 Å². The van der Waals surface area contributed by atoms with E-state index in [1.54, 1.807) is 12.4 Å². The van der Waals surface area contributed by atoms with E-state index in [0.29, 0.717) is 11.2 Å². The van der Waals surface area contributed by atoms with Crippen LogP contribution in [-0.2, 0) is 0 Å². The molecule has 16 heavy (non-hydrogen) atoms. The molecule has 0 N–H and O–H groups in total. The molecule has 0 aromatic carbocycles. The molecule has 0 amide bonds. The average molecular weight is 249 g/mol. The number of rotatable bonds is 1. The molecule has 6 heteroatoms. The standard InChI is InChI=1S/C10H5ClN4S/c11-9-2-1-8(16-9)6-4-13-7-3-12-5-14-10(7)15-6/h1-5H. The van der Waals surface area contributed by atoms with Gasteiger partial charge in [-0.2, -0.15) is 0 Å². The zero-order valence-corrected chi connectivity index (χ0v) is 9.53. The van der Waals surface area contributed by atoms with E-state index in [1.807, 2.05) is 12.1 Å². The van der Waals surface area contributed by atoms with Crippen molar-refractivity contribution in [3.05, 3.63) is 35.2 Å². The normalized spacial score (nSPS) is 10.8. The molecule has 0 atom stereocenters. The van der Waals surface area contributed by atoms with Crippen molar-refractivity contribution in [2.24, 2.45) is 0 Å². The Morgan fingerprint density at radius 3 is 2.88 bits per heavy atom. The van der Waals surface area contributed by atoms with Gasteiger partial charge in [0.15, 0.2) is 5.65 Å². The minimum absolute atomic E-state index is 0.594. The summed E-state index contributed by atoms with van der Waals surface area (Å²) in [6.07, 6.45) is 4.80. The molecule has 0 aliphatic heterocycles. The molecule has 78 valence electrons. The number of hydrogen-bond donors (Lipinski definition) is 0. The van der Waals surface area contributed by atoms with E-state index in [0.717, 1.165) is 14.9 Å². The molecule has 0 radical (unpaired) electrons. The average Bonchev–Trinajstić information content (AvgIpc) is 2.75. The molecule has 3 rings (SSSR count). The van der Waals surface area contributed by atoms with Crippen molar-refractivity contribution in [1.82, 2.24) is 19.9 Å². The molecule has 0 aliphatic carbocycles. The van der Waals surface area contributed by atoms with Crippen LogP contribution in [0.15, 0.2) is 30.9 Å². The Labute approximate surface area is 100.0 Å². The Morgan fingerprint density at radius 2 is 2.06 bits per heavy atom. The fourth-order valence-electron chi connectivity index (χ4n) is 1.34. The SMILES string of the molecule is Clc1ccc(-c2cnc3cncnc3n2)s1. The zero-order valence-electron chi connectivity index (χ0n) is 7.96. The minimum atomic E-state index is 0.594. The largest absolute Gasteiger partial charge is 0.249 e. The summed E-state index contributed by atoms with van der Waals surface area (Å²) in [6, 6.07) is 3.76. The molecule has 0 fully saturated rings. The predicted molar refractivity (Wildman–Crippen MR) is 63.5 cm³/mol. The fourth-order valence-corrected chi connectivity index (χ4v) is 2.33. The van der Waals surface area contributed by atoms with Gasteiger partial charge in [-0.1, -0.05) is 11.6 Å². The molecule has 0 saturated carbocycles. The van der Waals surface area contributed by atoms with Crippen molar-refractivity contribution in [3.8, 4) is 10.6 Å². The van der Waals surface area contributed by atoms with E-state index in [9.17, 15) is 0 Å². The summed E-state index contributed by atoms with van der Waals surface area (Å²) >= 11 is 7.34. The second kappa shape index (κ2) is 3.77. The Hall–Kier alpha value is -1.59. The van der Waals surface area contributed by atoms with E-state index in [1.165, 1.54) is 17.7 Å². The molecule has 3 heterocycles. The maximum Gasteiger partial charge on any atom is 0.181 e. The molecule has 0 saturated heterocycles. The van der Waals surface area contributed by atoms with Crippen molar-refractivity contribution in [3.63, 3.8) is 0 Å². The number of hydrogen-bond acceptors (Lipinski definition) is 5. The first-order valence-electron chi connectivity index (χ1n) is 4.51. The van der Waals surface area contributed by atoms with Gasteiger partial charge in [-0.3, -0.25) is 0 Å². The molecule has 3 aromatic rings. The molecular formula is C10H5ClN4S. The van der Waals surface area contributed by atoms with Crippen LogP contribution in [0.1, 0.15) is 0 Å². The zero-order chi connectivity index (χ0) is 11.0. The van der Waals surface area contributed by atoms with E-state index < -0.39 is 0 Å². The Morgan fingerprint density at radius 1 is 1.12 bits per heavy atom. The third-order valence-electron chi connectivity index (χ3n) is 2.05. The highest BCUT2D eigenvalue weighted by Gasteiger charge is 2.05. The topological polar surface area (TPSA) is 51.6 Å². The van der Waals surface area contributed by atoms with E-state index in [2.05, 4.69) is 19.9 Å². The van der Waals surface area contributed by atoms with Gasteiger partial charge in [0.2, 0.25) is 0 Å². The molecule has 0 bridgehead atoms. The van der Waals surface area contributed by atoms with Gasteiger partial charge in [0.1, 0.15) is 17.5 Å². The van der Waals surface area contributed by atoms with Crippen LogP contribution in [0.2, 0.25) is 4.34 Å². The fraction of sp³-hybridized carbons (Fsp3) is 0. The summed E-state index contributed by atoms with van der Waals surface area (Å²) in [5.41, 5.74) is 2.06. The van der Waals surface area contributed by atoms with Gasteiger partial charge in [0.05, 0.1) is 21.6 Å². The van der Waals surface area contributed by atoms with Crippen LogP contribution in [0.5, 0.6) is 0 Å². The molecule has 0 aliphatic rings. The van der Waals surface area contributed by atoms with E-state index >= 15 is 0 Å². The van der Waals surface area contributed by atoms with Crippen LogP contribution in [0.25, 0.3) is 21.7 Å². The molecule has 4 nitrogen and oxygen atoms in total. The van der Waals surface area contributed by atoms with E-state index in [-0.39, 0.29) is 0 Å².